The summed E-state index contributed by atoms with van der Waals surface area (Å²) in [5, 5.41) is 11.2. The highest BCUT2D eigenvalue weighted by Gasteiger charge is 2.19. The molecule has 0 saturated heterocycles. The van der Waals surface area contributed by atoms with Crippen molar-refractivity contribution in [1.29, 1.82) is 0 Å². The third-order valence-corrected chi connectivity index (χ3v) is 2.84. The normalized spacial score (nSPS) is 11.5. The molecule has 2 N–H and O–H groups in total. The summed E-state index contributed by atoms with van der Waals surface area (Å²) in [6.07, 6.45) is 0. The highest BCUT2D eigenvalue weighted by molar-refractivity contribution is 9.10. The maximum absolute atomic E-state index is 10.9. The minimum atomic E-state index is -1.15. The number of nitrogens with one attached hydrogen (secondary N) is 1. The van der Waals surface area contributed by atoms with Gasteiger partial charge in [-0.25, -0.2) is 4.79 Å². The largest absolute Gasteiger partial charge is 0.497 e. The van der Waals surface area contributed by atoms with Crippen molar-refractivity contribution in [2.75, 3.05) is 13.7 Å². The van der Waals surface area contributed by atoms with E-state index < -0.39 is 17.9 Å². The van der Waals surface area contributed by atoms with Gasteiger partial charge in [0.1, 0.15) is 18.1 Å². The Labute approximate surface area is 118 Å². The summed E-state index contributed by atoms with van der Waals surface area (Å²) in [6.45, 7) is 1.08. The number of methoxy groups -OCH3 is 1. The molecule has 1 aromatic rings. The van der Waals surface area contributed by atoms with Crippen LogP contribution in [0.15, 0.2) is 22.7 Å². The summed E-state index contributed by atoms with van der Waals surface area (Å²) in [6, 6.07) is 3.94. The fraction of sp³-hybridized carbons (Fsp3) is 0.333. The monoisotopic (exact) mass is 331 g/mol. The molecule has 0 aromatic heterocycles. The van der Waals surface area contributed by atoms with E-state index in [9.17, 15) is 9.59 Å². The lowest BCUT2D eigenvalue weighted by Gasteiger charge is -2.15. The fourth-order valence-corrected chi connectivity index (χ4v) is 1.79. The first kappa shape index (κ1) is 15.3. The molecule has 1 rings (SSSR count). The van der Waals surface area contributed by atoms with Gasteiger partial charge in [-0.05, 0) is 34.1 Å². The molecule has 0 heterocycles. The van der Waals surface area contributed by atoms with E-state index in [1.165, 1.54) is 6.92 Å². The van der Waals surface area contributed by atoms with Gasteiger partial charge >= 0.3 is 5.97 Å². The number of rotatable bonds is 6. The van der Waals surface area contributed by atoms with E-state index in [2.05, 4.69) is 21.2 Å². The van der Waals surface area contributed by atoms with E-state index in [0.29, 0.717) is 16.0 Å². The molecule has 1 aromatic carbocycles. The third-order valence-electron chi connectivity index (χ3n) is 2.22. The molecule has 0 radical (unpaired) electrons. The summed E-state index contributed by atoms with van der Waals surface area (Å²) in [5.41, 5.74) is 0. The molecule has 7 heteroatoms. The third kappa shape index (κ3) is 4.78. The van der Waals surface area contributed by atoms with Crippen molar-refractivity contribution < 1.29 is 24.2 Å². The Morgan fingerprint density at radius 1 is 1.47 bits per heavy atom. The number of aliphatic carboxylic acids is 1. The molecule has 1 amide bonds. The van der Waals surface area contributed by atoms with Gasteiger partial charge in [0, 0.05) is 6.92 Å². The molecule has 1 atom stereocenters. The lowest BCUT2D eigenvalue weighted by atomic mass is 10.3. The summed E-state index contributed by atoms with van der Waals surface area (Å²) in [7, 11) is 1.54. The van der Waals surface area contributed by atoms with Crippen LogP contribution in [0.1, 0.15) is 6.92 Å². The Morgan fingerprint density at radius 3 is 2.63 bits per heavy atom. The van der Waals surface area contributed by atoms with Crippen LogP contribution in [0.5, 0.6) is 11.5 Å². The van der Waals surface area contributed by atoms with E-state index >= 15 is 0 Å². The van der Waals surface area contributed by atoms with Gasteiger partial charge in [0.2, 0.25) is 5.91 Å². The number of benzene rings is 1. The first-order valence-electron chi connectivity index (χ1n) is 5.40. The zero-order valence-corrected chi connectivity index (χ0v) is 12.1. The standard InChI is InChI=1S/C12H14BrNO5/c1-7(15)14-10(12(16)17)6-19-11-4-3-8(18-2)5-9(11)13/h3-5,10H,6H2,1-2H3,(H,14,15)(H,16,17). The molecule has 0 fully saturated rings. The van der Waals surface area contributed by atoms with Crippen LogP contribution in [0.2, 0.25) is 0 Å². The highest BCUT2D eigenvalue weighted by atomic mass is 79.9. The summed E-state index contributed by atoms with van der Waals surface area (Å²) < 4.78 is 11.0. The predicted molar refractivity (Wildman–Crippen MR) is 71.4 cm³/mol. The van der Waals surface area contributed by atoms with Crippen LogP contribution in [0, 0.1) is 0 Å². The average molecular weight is 332 g/mol. The first-order chi connectivity index (χ1) is 8.93. The second kappa shape index (κ2) is 6.98. The number of hydrogen-bond acceptors (Lipinski definition) is 4. The second-order valence-electron chi connectivity index (χ2n) is 3.70. The minimum Gasteiger partial charge on any atom is -0.497 e. The van der Waals surface area contributed by atoms with Gasteiger partial charge in [0.25, 0.3) is 0 Å². The van der Waals surface area contributed by atoms with Crippen LogP contribution in [-0.2, 0) is 9.59 Å². The van der Waals surface area contributed by atoms with Crippen LogP contribution < -0.4 is 14.8 Å². The number of carbonyl (C=O) groups is 2. The molecule has 6 nitrogen and oxygen atoms in total. The molecule has 0 aliphatic heterocycles. The lowest BCUT2D eigenvalue weighted by Crippen LogP contribution is -2.43. The number of carboxylic acids is 1. The Bertz CT molecular complexity index is 477. The molecule has 0 aliphatic rings. The molecular weight excluding hydrogens is 318 g/mol. The van der Waals surface area contributed by atoms with E-state index in [1.54, 1.807) is 25.3 Å². The SMILES string of the molecule is COc1ccc(OCC(NC(C)=O)C(=O)O)c(Br)c1. The van der Waals surface area contributed by atoms with E-state index in [4.69, 9.17) is 14.6 Å². The smallest absolute Gasteiger partial charge is 0.329 e. The zero-order chi connectivity index (χ0) is 14.4. The summed E-state index contributed by atoms with van der Waals surface area (Å²) >= 11 is 3.29. The van der Waals surface area contributed by atoms with Gasteiger partial charge in [-0.3, -0.25) is 4.79 Å². The topological polar surface area (TPSA) is 84.9 Å². The fourth-order valence-electron chi connectivity index (χ4n) is 1.32. The Kier molecular flexibility index (Phi) is 5.62. The van der Waals surface area contributed by atoms with Crippen LogP contribution in [0.3, 0.4) is 0 Å². The Balaban J connectivity index is 2.68. The van der Waals surface area contributed by atoms with Gasteiger partial charge in [-0.1, -0.05) is 0 Å². The molecule has 0 saturated carbocycles. The molecule has 104 valence electrons. The average Bonchev–Trinajstić information content (AvgIpc) is 2.34. The predicted octanol–water partition coefficient (Wildman–Crippen LogP) is 1.43. The van der Waals surface area contributed by atoms with Crippen LogP contribution in [-0.4, -0.2) is 36.7 Å². The number of carbonyl (C=O) groups excluding carboxylic acids is 1. The van der Waals surface area contributed by atoms with Crippen LogP contribution in [0.25, 0.3) is 0 Å². The molecule has 0 spiro atoms. The maximum Gasteiger partial charge on any atom is 0.329 e. The minimum absolute atomic E-state index is 0.167. The number of hydrogen-bond donors (Lipinski definition) is 2. The summed E-state index contributed by atoms with van der Waals surface area (Å²) in [4.78, 5) is 21.8. The summed E-state index contributed by atoms with van der Waals surface area (Å²) in [5.74, 6) is -0.460. The van der Waals surface area contributed by atoms with Crippen molar-refractivity contribution >= 4 is 27.8 Å². The molecule has 1 unspecified atom stereocenters. The molecule has 19 heavy (non-hydrogen) atoms. The molecular formula is C12H14BrNO5. The quantitative estimate of drug-likeness (QED) is 0.823. The van der Waals surface area contributed by atoms with Gasteiger partial charge in [0.05, 0.1) is 11.6 Å². The van der Waals surface area contributed by atoms with Gasteiger partial charge in [0.15, 0.2) is 6.04 Å². The highest BCUT2D eigenvalue weighted by Crippen LogP contribution is 2.29. The second-order valence-corrected chi connectivity index (χ2v) is 4.55. The number of carboxylic acid groups (broad SMARTS) is 1. The van der Waals surface area contributed by atoms with Crippen LogP contribution in [0.4, 0.5) is 0 Å². The zero-order valence-electron chi connectivity index (χ0n) is 10.5. The van der Waals surface area contributed by atoms with Gasteiger partial charge in [-0.2, -0.15) is 0 Å². The van der Waals surface area contributed by atoms with E-state index in [-0.39, 0.29) is 6.61 Å². The van der Waals surface area contributed by atoms with Crippen molar-refractivity contribution in [3.63, 3.8) is 0 Å². The maximum atomic E-state index is 10.9. The van der Waals surface area contributed by atoms with Crippen molar-refractivity contribution in [1.82, 2.24) is 5.32 Å². The van der Waals surface area contributed by atoms with Crippen molar-refractivity contribution in [2.45, 2.75) is 13.0 Å². The van der Waals surface area contributed by atoms with Crippen LogP contribution >= 0.6 is 15.9 Å². The number of halogens is 1. The van der Waals surface area contributed by atoms with Crippen molar-refractivity contribution in [3.05, 3.63) is 22.7 Å². The first-order valence-corrected chi connectivity index (χ1v) is 6.19. The molecule has 0 aliphatic carbocycles. The Hall–Kier alpha value is -1.76. The molecule has 0 bridgehead atoms. The van der Waals surface area contributed by atoms with Crippen molar-refractivity contribution in [3.8, 4) is 11.5 Å². The van der Waals surface area contributed by atoms with E-state index in [0.717, 1.165) is 0 Å². The number of amides is 1. The lowest BCUT2D eigenvalue weighted by molar-refractivity contribution is -0.142. The van der Waals surface area contributed by atoms with Crippen molar-refractivity contribution in [2.24, 2.45) is 0 Å². The van der Waals surface area contributed by atoms with Gasteiger partial charge in [-0.15, -0.1) is 0 Å². The van der Waals surface area contributed by atoms with Gasteiger partial charge < -0.3 is 19.9 Å². The van der Waals surface area contributed by atoms with E-state index in [1.807, 2.05) is 0 Å². The Morgan fingerprint density at radius 2 is 2.16 bits per heavy atom. The number of ether oxygens (including phenoxy) is 2.